The number of aromatic nitrogens is 2. The first-order valence-electron chi connectivity index (χ1n) is 5.73. The van der Waals surface area contributed by atoms with Crippen LogP contribution in [0.1, 0.15) is 19.5 Å². The van der Waals surface area contributed by atoms with E-state index in [1.54, 1.807) is 12.4 Å². The van der Waals surface area contributed by atoms with Gasteiger partial charge in [0.05, 0.1) is 18.1 Å². The molecule has 0 unspecified atom stereocenters. The first-order valence-corrected chi connectivity index (χ1v) is 6.71. The van der Waals surface area contributed by atoms with E-state index in [-0.39, 0.29) is 0 Å². The molecule has 1 saturated heterocycles. The van der Waals surface area contributed by atoms with E-state index in [0.29, 0.717) is 10.6 Å². The van der Waals surface area contributed by atoms with Crippen LogP contribution in [0, 0.1) is 0 Å². The van der Waals surface area contributed by atoms with Crippen LogP contribution < -0.4 is 11.3 Å². The van der Waals surface area contributed by atoms with E-state index < -0.39 is 0 Å². The molecule has 2 rings (SSSR count). The predicted octanol–water partition coefficient (Wildman–Crippen LogP) is 1.09. The van der Waals surface area contributed by atoms with Gasteiger partial charge in [0.2, 0.25) is 0 Å². The summed E-state index contributed by atoms with van der Waals surface area (Å²) in [6.07, 6.45) is 3.45. The molecule has 5 nitrogen and oxygen atoms in total. The summed E-state index contributed by atoms with van der Waals surface area (Å²) in [6.45, 7) is 7.65. The SMILES string of the molecule is CC1(C)CN(Cc2cnc(NN)cn2)CCS1. The number of rotatable bonds is 3. The predicted molar refractivity (Wildman–Crippen MR) is 71.7 cm³/mol. The summed E-state index contributed by atoms with van der Waals surface area (Å²) in [5, 5.41) is 0. The highest BCUT2D eigenvalue weighted by atomic mass is 32.2. The van der Waals surface area contributed by atoms with Gasteiger partial charge in [-0.1, -0.05) is 0 Å². The quantitative estimate of drug-likeness (QED) is 0.621. The van der Waals surface area contributed by atoms with Gasteiger partial charge in [0.25, 0.3) is 0 Å². The minimum absolute atomic E-state index is 0.338. The van der Waals surface area contributed by atoms with Crippen LogP contribution in [0.15, 0.2) is 12.4 Å². The second-order valence-electron chi connectivity index (χ2n) is 4.86. The normalized spacial score (nSPS) is 20.2. The smallest absolute Gasteiger partial charge is 0.158 e. The zero-order valence-electron chi connectivity index (χ0n) is 10.3. The standard InChI is InChI=1S/C11H19N5S/c1-11(2)8-16(3-4-17-11)7-9-5-14-10(15-12)6-13-9/h5-6H,3-4,7-8,12H2,1-2H3,(H,14,15). The number of thioether (sulfide) groups is 1. The molecule has 1 aromatic rings. The maximum atomic E-state index is 5.25. The fourth-order valence-electron chi connectivity index (χ4n) is 1.99. The lowest BCUT2D eigenvalue weighted by atomic mass is 10.2. The molecule has 94 valence electrons. The Morgan fingerprint density at radius 3 is 2.88 bits per heavy atom. The van der Waals surface area contributed by atoms with Crippen molar-refractivity contribution in [3.05, 3.63) is 18.1 Å². The summed E-state index contributed by atoms with van der Waals surface area (Å²) >= 11 is 2.04. The van der Waals surface area contributed by atoms with Crippen molar-refractivity contribution < 1.29 is 0 Å². The van der Waals surface area contributed by atoms with Crippen molar-refractivity contribution in [1.82, 2.24) is 14.9 Å². The van der Waals surface area contributed by atoms with Gasteiger partial charge >= 0.3 is 0 Å². The van der Waals surface area contributed by atoms with Crippen molar-refractivity contribution in [1.29, 1.82) is 0 Å². The first kappa shape index (κ1) is 12.6. The molecule has 0 aromatic carbocycles. The number of hydrogen-bond acceptors (Lipinski definition) is 6. The van der Waals surface area contributed by atoms with Crippen molar-refractivity contribution in [2.24, 2.45) is 5.84 Å². The maximum Gasteiger partial charge on any atom is 0.158 e. The van der Waals surface area contributed by atoms with Gasteiger partial charge < -0.3 is 5.43 Å². The second kappa shape index (κ2) is 5.20. The number of nitrogens with zero attached hydrogens (tertiary/aromatic N) is 3. The van der Waals surface area contributed by atoms with E-state index in [9.17, 15) is 0 Å². The van der Waals surface area contributed by atoms with Crippen LogP contribution in [0.2, 0.25) is 0 Å². The molecular weight excluding hydrogens is 234 g/mol. The van der Waals surface area contributed by atoms with Crippen molar-refractivity contribution in [2.45, 2.75) is 25.1 Å². The van der Waals surface area contributed by atoms with Gasteiger partial charge in [-0.15, -0.1) is 0 Å². The minimum atomic E-state index is 0.338. The third-order valence-electron chi connectivity index (χ3n) is 2.74. The molecule has 0 amide bonds. The summed E-state index contributed by atoms with van der Waals surface area (Å²) in [6, 6.07) is 0. The van der Waals surface area contributed by atoms with Crippen LogP contribution >= 0.6 is 11.8 Å². The van der Waals surface area contributed by atoms with E-state index in [2.05, 4.69) is 34.1 Å². The number of hydrazine groups is 1. The van der Waals surface area contributed by atoms with Gasteiger partial charge in [0.15, 0.2) is 5.82 Å². The van der Waals surface area contributed by atoms with Crippen molar-refractivity contribution in [2.75, 3.05) is 24.3 Å². The fourth-order valence-corrected chi connectivity index (χ4v) is 3.17. The molecule has 6 heteroatoms. The average Bonchev–Trinajstić information content (AvgIpc) is 2.29. The van der Waals surface area contributed by atoms with Crippen molar-refractivity contribution >= 4 is 17.6 Å². The molecule has 1 aromatic heterocycles. The highest BCUT2D eigenvalue weighted by molar-refractivity contribution is 8.00. The van der Waals surface area contributed by atoms with Crippen LogP contribution in [-0.2, 0) is 6.54 Å². The van der Waals surface area contributed by atoms with Crippen LogP contribution in [0.5, 0.6) is 0 Å². The largest absolute Gasteiger partial charge is 0.307 e. The molecule has 3 N–H and O–H groups in total. The Kier molecular flexibility index (Phi) is 3.86. The summed E-state index contributed by atoms with van der Waals surface area (Å²) < 4.78 is 0.338. The lowest BCUT2D eigenvalue weighted by Crippen LogP contribution is -2.42. The topological polar surface area (TPSA) is 67.1 Å². The molecule has 0 spiro atoms. The molecule has 0 atom stereocenters. The lowest BCUT2D eigenvalue weighted by molar-refractivity contribution is 0.249. The van der Waals surface area contributed by atoms with E-state index in [4.69, 9.17) is 5.84 Å². The van der Waals surface area contributed by atoms with Gasteiger partial charge in [-0.2, -0.15) is 11.8 Å². The number of nitrogens with two attached hydrogens (primary N) is 1. The van der Waals surface area contributed by atoms with Crippen LogP contribution in [0.25, 0.3) is 0 Å². The zero-order valence-corrected chi connectivity index (χ0v) is 11.1. The zero-order chi connectivity index (χ0) is 12.3. The van der Waals surface area contributed by atoms with Gasteiger partial charge in [0, 0.05) is 30.1 Å². The van der Waals surface area contributed by atoms with Crippen LogP contribution in [-0.4, -0.2) is 38.5 Å². The molecule has 0 radical (unpaired) electrons. The lowest BCUT2D eigenvalue weighted by Gasteiger charge is -2.37. The number of nitrogen functional groups attached to an aromatic ring is 1. The number of hydrogen-bond donors (Lipinski definition) is 2. The van der Waals surface area contributed by atoms with Gasteiger partial charge in [0.1, 0.15) is 0 Å². The second-order valence-corrected chi connectivity index (χ2v) is 6.66. The summed E-state index contributed by atoms with van der Waals surface area (Å²) in [7, 11) is 0. The summed E-state index contributed by atoms with van der Waals surface area (Å²) in [4.78, 5) is 10.9. The molecule has 0 saturated carbocycles. The highest BCUT2D eigenvalue weighted by Gasteiger charge is 2.26. The molecule has 1 fully saturated rings. The summed E-state index contributed by atoms with van der Waals surface area (Å²) in [5.74, 6) is 7.04. The molecule has 2 heterocycles. The first-order chi connectivity index (χ1) is 8.09. The third-order valence-corrected chi connectivity index (χ3v) is 4.04. The van der Waals surface area contributed by atoms with E-state index in [0.717, 1.165) is 25.3 Å². The maximum absolute atomic E-state index is 5.25. The van der Waals surface area contributed by atoms with Crippen LogP contribution in [0.4, 0.5) is 5.82 Å². The molecular formula is C11H19N5S. The Balaban J connectivity index is 1.95. The Morgan fingerprint density at radius 1 is 1.47 bits per heavy atom. The Hall–Kier alpha value is -0.850. The van der Waals surface area contributed by atoms with Crippen molar-refractivity contribution in [3.63, 3.8) is 0 Å². The molecule has 1 aliphatic rings. The molecule has 0 bridgehead atoms. The monoisotopic (exact) mass is 253 g/mol. The molecule has 0 aliphatic carbocycles. The number of anilines is 1. The average molecular weight is 253 g/mol. The van der Waals surface area contributed by atoms with E-state index in [1.807, 2.05) is 11.8 Å². The Bertz CT molecular complexity index is 365. The minimum Gasteiger partial charge on any atom is -0.307 e. The summed E-state index contributed by atoms with van der Waals surface area (Å²) in [5.41, 5.74) is 3.47. The molecule has 1 aliphatic heterocycles. The Labute approximate surface area is 106 Å². The van der Waals surface area contributed by atoms with Gasteiger partial charge in [-0.05, 0) is 13.8 Å². The molecule has 17 heavy (non-hydrogen) atoms. The highest BCUT2D eigenvalue weighted by Crippen LogP contribution is 2.29. The van der Waals surface area contributed by atoms with Crippen LogP contribution in [0.3, 0.4) is 0 Å². The Morgan fingerprint density at radius 2 is 2.29 bits per heavy atom. The van der Waals surface area contributed by atoms with Gasteiger partial charge in [-0.3, -0.25) is 9.88 Å². The van der Waals surface area contributed by atoms with E-state index >= 15 is 0 Å². The third kappa shape index (κ3) is 3.55. The van der Waals surface area contributed by atoms with Gasteiger partial charge in [-0.25, -0.2) is 10.8 Å². The van der Waals surface area contributed by atoms with E-state index in [1.165, 1.54) is 5.75 Å². The number of nitrogens with one attached hydrogen (secondary N) is 1. The fraction of sp³-hybridized carbons (Fsp3) is 0.636. The van der Waals surface area contributed by atoms with Crippen molar-refractivity contribution in [3.8, 4) is 0 Å².